The SMILES string of the molecule is CCNC(=NCC(O)COCc1ccccc1)N1CCSC(C)(C)C1.I. The van der Waals surface area contributed by atoms with Crippen molar-refractivity contribution >= 4 is 41.7 Å². The van der Waals surface area contributed by atoms with Crippen LogP contribution in [0.5, 0.6) is 0 Å². The van der Waals surface area contributed by atoms with Crippen molar-refractivity contribution in [2.75, 3.05) is 38.5 Å². The van der Waals surface area contributed by atoms with Gasteiger partial charge in [0.15, 0.2) is 5.96 Å². The molecule has 1 fully saturated rings. The number of nitrogens with zero attached hydrogens (tertiary/aromatic N) is 2. The third-order valence-electron chi connectivity index (χ3n) is 3.93. The van der Waals surface area contributed by atoms with Gasteiger partial charge in [-0.15, -0.1) is 24.0 Å². The Morgan fingerprint density at radius 1 is 1.38 bits per heavy atom. The molecule has 26 heavy (non-hydrogen) atoms. The molecular weight excluding hydrogens is 461 g/mol. The Bertz CT molecular complexity index is 543. The van der Waals surface area contributed by atoms with Crippen LogP contribution >= 0.6 is 35.7 Å². The van der Waals surface area contributed by atoms with Gasteiger partial charge in [-0.25, -0.2) is 0 Å². The van der Waals surface area contributed by atoms with Crippen LogP contribution < -0.4 is 5.32 Å². The van der Waals surface area contributed by atoms with Crippen LogP contribution in [0.25, 0.3) is 0 Å². The number of halogens is 1. The maximum absolute atomic E-state index is 10.2. The van der Waals surface area contributed by atoms with E-state index in [1.54, 1.807) is 0 Å². The van der Waals surface area contributed by atoms with E-state index in [0.717, 1.165) is 36.9 Å². The molecule has 1 aromatic rings. The van der Waals surface area contributed by atoms with Gasteiger partial charge in [-0.1, -0.05) is 30.3 Å². The van der Waals surface area contributed by atoms with Gasteiger partial charge in [0, 0.05) is 30.1 Å². The molecular formula is C19H32IN3O2S. The van der Waals surface area contributed by atoms with E-state index in [-0.39, 0.29) is 28.7 Å². The average Bonchev–Trinajstić information content (AvgIpc) is 2.58. The smallest absolute Gasteiger partial charge is 0.194 e. The normalized spacial score (nSPS) is 18.2. The average molecular weight is 493 g/mol. The predicted molar refractivity (Wildman–Crippen MR) is 122 cm³/mol. The number of hydrogen-bond donors (Lipinski definition) is 2. The van der Waals surface area contributed by atoms with Crippen LogP contribution in [-0.4, -0.2) is 65.4 Å². The Labute approximate surface area is 179 Å². The van der Waals surface area contributed by atoms with Gasteiger partial charge in [-0.3, -0.25) is 4.99 Å². The van der Waals surface area contributed by atoms with E-state index in [0.29, 0.717) is 19.8 Å². The maximum atomic E-state index is 10.2. The molecule has 148 valence electrons. The van der Waals surface area contributed by atoms with Crippen LogP contribution in [0.1, 0.15) is 26.3 Å². The molecule has 0 aromatic heterocycles. The molecule has 0 radical (unpaired) electrons. The number of guanidine groups is 1. The molecule has 0 aliphatic carbocycles. The number of thioether (sulfide) groups is 1. The van der Waals surface area contributed by atoms with E-state index in [9.17, 15) is 5.11 Å². The Morgan fingerprint density at radius 3 is 2.77 bits per heavy atom. The van der Waals surface area contributed by atoms with Crippen molar-refractivity contribution in [3.63, 3.8) is 0 Å². The van der Waals surface area contributed by atoms with Crippen LogP contribution in [0.4, 0.5) is 0 Å². The topological polar surface area (TPSA) is 57.1 Å². The molecule has 1 atom stereocenters. The number of aliphatic imine (C=N–C) groups is 1. The Kier molecular flexibility index (Phi) is 10.9. The van der Waals surface area contributed by atoms with Crippen molar-refractivity contribution in [2.24, 2.45) is 4.99 Å². The second-order valence-corrected chi connectivity index (χ2v) is 8.68. The highest BCUT2D eigenvalue weighted by Gasteiger charge is 2.28. The molecule has 2 N–H and O–H groups in total. The summed E-state index contributed by atoms with van der Waals surface area (Å²) in [6, 6.07) is 9.99. The minimum absolute atomic E-state index is 0. The van der Waals surface area contributed by atoms with Crippen molar-refractivity contribution in [3.8, 4) is 0 Å². The number of aliphatic hydroxyl groups is 1. The zero-order chi connectivity index (χ0) is 18.1. The minimum Gasteiger partial charge on any atom is -0.389 e. The van der Waals surface area contributed by atoms with Gasteiger partial charge in [0.25, 0.3) is 0 Å². The summed E-state index contributed by atoms with van der Waals surface area (Å²) in [5, 5.41) is 13.5. The number of benzene rings is 1. The summed E-state index contributed by atoms with van der Waals surface area (Å²) in [6.45, 7) is 10.5. The summed E-state index contributed by atoms with van der Waals surface area (Å²) in [6.07, 6.45) is -0.593. The summed E-state index contributed by atoms with van der Waals surface area (Å²) in [4.78, 5) is 6.91. The fourth-order valence-corrected chi connectivity index (χ4v) is 3.87. The van der Waals surface area contributed by atoms with Gasteiger partial charge in [-0.2, -0.15) is 11.8 Å². The van der Waals surface area contributed by atoms with Gasteiger partial charge in [-0.05, 0) is 26.3 Å². The molecule has 1 unspecified atom stereocenters. The summed E-state index contributed by atoms with van der Waals surface area (Å²) in [5.74, 6) is 1.98. The first-order valence-electron chi connectivity index (χ1n) is 8.97. The number of rotatable bonds is 7. The number of ether oxygens (including phenoxy) is 1. The quantitative estimate of drug-likeness (QED) is 0.348. The van der Waals surface area contributed by atoms with Crippen molar-refractivity contribution in [3.05, 3.63) is 35.9 Å². The molecule has 1 aliphatic heterocycles. The van der Waals surface area contributed by atoms with Gasteiger partial charge in [0.05, 0.1) is 25.9 Å². The Morgan fingerprint density at radius 2 is 2.12 bits per heavy atom. The lowest BCUT2D eigenvalue weighted by Gasteiger charge is -2.39. The fraction of sp³-hybridized carbons (Fsp3) is 0.632. The zero-order valence-corrected chi connectivity index (χ0v) is 19.1. The molecule has 1 aliphatic rings. The molecule has 1 heterocycles. The van der Waals surface area contributed by atoms with E-state index in [1.165, 1.54) is 0 Å². The number of nitrogens with one attached hydrogen (secondary N) is 1. The Balaban J connectivity index is 0.00000338. The molecule has 2 rings (SSSR count). The standard InChI is InChI=1S/C19H31N3O2S.HI/c1-4-20-18(22-10-11-25-19(2,3)15-22)21-12-17(23)14-24-13-16-8-6-5-7-9-16;/h5-9,17,23H,4,10-15H2,1-3H3,(H,20,21);1H. The molecule has 5 nitrogen and oxygen atoms in total. The first-order valence-corrected chi connectivity index (χ1v) is 9.95. The molecule has 0 bridgehead atoms. The Hall–Kier alpha value is -0.510. The molecule has 7 heteroatoms. The van der Waals surface area contributed by atoms with E-state index in [2.05, 4.69) is 36.0 Å². The monoisotopic (exact) mass is 493 g/mol. The first-order chi connectivity index (χ1) is 12.0. The van der Waals surface area contributed by atoms with Crippen molar-refractivity contribution in [1.29, 1.82) is 0 Å². The highest BCUT2D eigenvalue weighted by atomic mass is 127. The second-order valence-electron chi connectivity index (χ2n) is 6.88. The predicted octanol–water partition coefficient (Wildman–Crippen LogP) is 2.98. The van der Waals surface area contributed by atoms with Crippen LogP contribution in [0, 0.1) is 0 Å². The van der Waals surface area contributed by atoms with E-state index in [1.807, 2.05) is 42.1 Å². The summed E-state index contributed by atoms with van der Waals surface area (Å²) in [7, 11) is 0. The molecule has 1 saturated heterocycles. The number of hydrogen-bond acceptors (Lipinski definition) is 4. The number of aliphatic hydroxyl groups excluding tert-OH is 1. The third kappa shape index (κ3) is 8.45. The zero-order valence-electron chi connectivity index (χ0n) is 16.0. The summed E-state index contributed by atoms with van der Waals surface area (Å²) >= 11 is 2.00. The third-order valence-corrected chi connectivity index (χ3v) is 5.23. The van der Waals surface area contributed by atoms with E-state index in [4.69, 9.17) is 4.74 Å². The van der Waals surface area contributed by atoms with Gasteiger partial charge in [0.1, 0.15) is 0 Å². The fourth-order valence-electron chi connectivity index (χ4n) is 2.75. The van der Waals surface area contributed by atoms with Crippen LogP contribution in [0.3, 0.4) is 0 Å². The van der Waals surface area contributed by atoms with Crippen molar-refractivity contribution < 1.29 is 9.84 Å². The summed E-state index contributed by atoms with van der Waals surface area (Å²) in [5.41, 5.74) is 1.11. The van der Waals surface area contributed by atoms with Crippen molar-refractivity contribution in [2.45, 2.75) is 38.2 Å². The minimum atomic E-state index is -0.593. The molecule has 0 amide bonds. The molecule has 1 aromatic carbocycles. The van der Waals surface area contributed by atoms with Crippen molar-refractivity contribution in [1.82, 2.24) is 10.2 Å². The highest BCUT2D eigenvalue weighted by molar-refractivity contribution is 14.0. The summed E-state index contributed by atoms with van der Waals surface area (Å²) < 4.78 is 5.82. The maximum Gasteiger partial charge on any atom is 0.194 e. The van der Waals surface area contributed by atoms with Crippen LogP contribution in [0.2, 0.25) is 0 Å². The molecule has 0 spiro atoms. The molecule has 0 saturated carbocycles. The lowest BCUT2D eigenvalue weighted by atomic mass is 10.2. The second kappa shape index (κ2) is 12.0. The van der Waals surface area contributed by atoms with Crippen LogP contribution in [-0.2, 0) is 11.3 Å². The lowest BCUT2D eigenvalue weighted by molar-refractivity contribution is 0.0330. The highest BCUT2D eigenvalue weighted by Crippen LogP contribution is 2.29. The van der Waals surface area contributed by atoms with Gasteiger partial charge >= 0.3 is 0 Å². The van der Waals surface area contributed by atoms with E-state index < -0.39 is 6.10 Å². The van der Waals surface area contributed by atoms with Gasteiger partial charge in [0.2, 0.25) is 0 Å². The lowest BCUT2D eigenvalue weighted by Crippen LogP contribution is -2.51. The largest absolute Gasteiger partial charge is 0.389 e. The first kappa shape index (κ1) is 23.5. The van der Waals surface area contributed by atoms with E-state index >= 15 is 0 Å². The van der Waals surface area contributed by atoms with Crippen LogP contribution in [0.15, 0.2) is 35.3 Å². The van der Waals surface area contributed by atoms with Gasteiger partial charge < -0.3 is 20.1 Å².